The molecule has 36 heavy (non-hydrogen) atoms. The minimum atomic E-state index is -3.41. The topological polar surface area (TPSA) is 140 Å². The van der Waals surface area contributed by atoms with Crippen molar-refractivity contribution in [3.8, 4) is 16.5 Å². The molecule has 12 heteroatoms. The molecule has 0 radical (unpaired) electrons. The van der Waals surface area contributed by atoms with Gasteiger partial charge in [0.2, 0.25) is 15.9 Å². The van der Waals surface area contributed by atoms with E-state index in [-0.39, 0.29) is 16.2 Å². The normalized spacial score (nSPS) is 14.6. The van der Waals surface area contributed by atoms with Gasteiger partial charge in [0.05, 0.1) is 34.8 Å². The number of benzene rings is 1. The van der Waals surface area contributed by atoms with Crippen molar-refractivity contribution in [1.29, 1.82) is 0 Å². The molecule has 1 aliphatic carbocycles. The molecular weight excluding hydrogens is 500 g/mol. The second-order valence-electron chi connectivity index (χ2n) is 8.89. The number of nitrogens with zero attached hydrogens (tertiary/aromatic N) is 4. The zero-order valence-corrected chi connectivity index (χ0v) is 22.1. The molecule has 1 fully saturated rings. The first-order chi connectivity index (χ1) is 17.2. The van der Waals surface area contributed by atoms with Crippen molar-refractivity contribution in [3.63, 3.8) is 0 Å². The maximum absolute atomic E-state index is 12.5. The Bertz CT molecular complexity index is 1340. The van der Waals surface area contributed by atoms with Gasteiger partial charge in [-0.2, -0.15) is 0 Å². The van der Waals surface area contributed by atoms with Crippen LogP contribution in [0.2, 0.25) is 0 Å². The highest BCUT2D eigenvalue weighted by Crippen LogP contribution is 2.39. The lowest BCUT2D eigenvalue weighted by atomic mass is 9.90. The second-order valence-corrected chi connectivity index (χ2v) is 11.8. The van der Waals surface area contributed by atoms with Gasteiger partial charge in [-0.25, -0.2) is 18.4 Å². The van der Waals surface area contributed by atoms with E-state index in [9.17, 15) is 13.2 Å². The molecule has 0 aliphatic heterocycles. The molecule has 3 aromatic rings. The number of carbonyl (C=O) groups excluding carboxylic acids is 1. The smallest absolute Gasteiger partial charge is 0.277 e. The molecule has 0 bridgehead atoms. The second kappa shape index (κ2) is 10.9. The maximum Gasteiger partial charge on any atom is 0.277 e. The standard InChI is InChI=1S/C24H30N6O4S2/c1-4-34-20-14-26-13-19(27-20)22-21(28-24(35-22)23(25)31)18(10-11-30(2)3)15-6-5-7-16(12-15)29-36(32,33)17-8-9-17/h5-7,12-14,17-18,29H,4,8-11H2,1-3H3,(H2,25,31). The average Bonchev–Trinajstić information content (AvgIpc) is 3.60. The van der Waals surface area contributed by atoms with Crippen LogP contribution in [0.5, 0.6) is 5.88 Å². The van der Waals surface area contributed by atoms with Crippen LogP contribution in [-0.4, -0.2) is 66.7 Å². The summed E-state index contributed by atoms with van der Waals surface area (Å²) in [5.74, 6) is -0.510. The van der Waals surface area contributed by atoms with E-state index in [2.05, 4.69) is 24.6 Å². The van der Waals surface area contributed by atoms with E-state index in [1.54, 1.807) is 12.3 Å². The third-order valence-corrected chi connectivity index (χ3v) is 8.69. The van der Waals surface area contributed by atoms with Crippen LogP contribution in [0.15, 0.2) is 36.7 Å². The molecule has 10 nitrogen and oxygen atoms in total. The Balaban J connectivity index is 1.79. The van der Waals surface area contributed by atoms with Crippen molar-refractivity contribution in [2.24, 2.45) is 5.73 Å². The zero-order chi connectivity index (χ0) is 25.9. The van der Waals surface area contributed by atoms with Gasteiger partial charge in [-0.15, -0.1) is 11.3 Å². The van der Waals surface area contributed by atoms with Gasteiger partial charge in [0.1, 0.15) is 5.69 Å². The van der Waals surface area contributed by atoms with Crippen LogP contribution in [0.3, 0.4) is 0 Å². The number of hydrogen-bond donors (Lipinski definition) is 2. The first kappa shape index (κ1) is 26.0. The van der Waals surface area contributed by atoms with E-state index in [0.717, 1.165) is 23.4 Å². The molecule has 3 N–H and O–H groups in total. The van der Waals surface area contributed by atoms with E-state index in [4.69, 9.17) is 10.5 Å². The largest absolute Gasteiger partial charge is 0.477 e. The lowest BCUT2D eigenvalue weighted by Gasteiger charge is -2.20. The van der Waals surface area contributed by atoms with Crippen molar-refractivity contribution < 1.29 is 17.9 Å². The SMILES string of the molecule is CCOc1cncc(-c2sc(C(N)=O)nc2C(CCN(C)C)c2cccc(NS(=O)(=O)C3CC3)c2)n1. The van der Waals surface area contributed by atoms with Gasteiger partial charge in [-0.3, -0.25) is 14.5 Å². The number of aromatic nitrogens is 3. The fourth-order valence-electron chi connectivity index (χ4n) is 3.83. The third-order valence-electron chi connectivity index (χ3n) is 5.71. The van der Waals surface area contributed by atoms with Crippen molar-refractivity contribution in [2.75, 3.05) is 32.0 Å². The number of nitrogens with one attached hydrogen (secondary N) is 1. The first-order valence-corrected chi connectivity index (χ1v) is 14.1. The number of hydrogen-bond acceptors (Lipinski definition) is 9. The number of rotatable bonds is 12. The summed E-state index contributed by atoms with van der Waals surface area (Å²) in [5, 5.41) is -0.158. The van der Waals surface area contributed by atoms with E-state index in [1.807, 2.05) is 39.2 Å². The summed E-state index contributed by atoms with van der Waals surface area (Å²) in [4.78, 5) is 28.3. The lowest BCUT2D eigenvalue weighted by molar-refractivity contribution is 0.0999. The van der Waals surface area contributed by atoms with E-state index in [1.165, 1.54) is 6.20 Å². The molecule has 4 rings (SSSR count). The molecule has 0 saturated heterocycles. The number of ether oxygens (including phenoxy) is 1. The lowest BCUT2D eigenvalue weighted by Crippen LogP contribution is -2.19. The molecule has 1 aromatic carbocycles. The average molecular weight is 531 g/mol. The summed E-state index contributed by atoms with van der Waals surface area (Å²) < 4.78 is 33.3. The van der Waals surface area contributed by atoms with Crippen LogP contribution < -0.4 is 15.2 Å². The number of primary amides is 1. The molecular formula is C24H30N6O4S2. The number of nitrogens with two attached hydrogens (primary N) is 1. The maximum atomic E-state index is 12.5. The molecule has 2 aromatic heterocycles. The Morgan fingerprint density at radius 3 is 2.72 bits per heavy atom. The van der Waals surface area contributed by atoms with Gasteiger partial charge in [0.25, 0.3) is 5.91 Å². The molecule has 1 amide bonds. The number of carbonyl (C=O) groups is 1. The Morgan fingerprint density at radius 1 is 1.28 bits per heavy atom. The van der Waals surface area contributed by atoms with Crippen LogP contribution >= 0.6 is 11.3 Å². The summed E-state index contributed by atoms with van der Waals surface area (Å²) in [6.07, 6.45) is 5.16. The van der Waals surface area contributed by atoms with Crippen LogP contribution in [-0.2, 0) is 10.0 Å². The molecule has 1 saturated carbocycles. The summed E-state index contributed by atoms with van der Waals surface area (Å²) in [6.45, 7) is 3.03. The predicted octanol–water partition coefficient (Wildman–Crippen LogP) is 3.09. The van der Waals surface area contributed by atoms with Crippen molar-refractivity contribution in [3.05, 3.63) is 52.9 Å². The Morgan fingerprint density at radius 2 is 2.06 bits per heavy atom. The number of sulfonamides is 1. The van der Waals surface area contributed by atoms with E-state index < -0.39 is 15.9 Å². The van der Waals surface area contributed by atoms with Gasteiger partial charge in [-0.05, 0) is 64.5 Å². The van der Waals surface area contributed by atoms with Crippen LogP contribution in [0, 0.1) is 0 Å². The summed E-state index contributed by atoms with van der Waals surface area (Å²) in [5.41, 5.74) is 8.14. The number of amides is 1. The number of thiazole rings is 1. The van der Waals surface area contributed by atoms with Crippen LogP contribution in [0.1, 0.15) is 53.2 Å². The Labute approximate surface area is 215 Å². The summed E-state index contributed by atoms with van der Waals surface area (Å²) >= 11 is 1.16. The minimum absolute atomic E-state index is 0.170. The minimum Gasteiger partial charge on any atom is -0.477 e. The van der Waals surface area contributed by atoms with Crippen molar-refractivity contribution in [2.45, 2.75) is 37.4 Å². The van der Waals surface area contributed by atoms with E-state index >= 15 is 0 Å². The molecule has 2 heterocycles. The van der Waals surface area contributed by atoms with Crippen molar-refractivity contribution in [1.82, 2.24) is 19.9 Å². The van der Waals surface area contributed by atoms with Crippen molar-refractivity contribution >= 4 is 33.0 Å². The van der Waals surface area contributed by atoms with Gasteiger partial charge in [0.15, 0.2) is 5.01 Å². The monoisotopic (exact) mass is 530 g/mol. The highest BCUT2D eigenvalue weighted by Gasteiger charge is 2.36. The van der Waals surface area contributed by atoms with Gasteiger partial charge in [0, 0.05) is 11.6 Å². The third kappa shape index (κ3) is 6.18. The Kier molecular flexibility index (Phi) is 7.86. The highest BCUT2D eigenvalue weighted by molar-refractivity contribution is 7.93. The summed E-state index contributed by atoms with van der Waals surface area (Å²) in [6, 6.07) is 7.32. The molecule has 1 atom stereocenters. The molecule has 1 aliphatic rings. The van der Waals surface area contributed by atoms with Gasteiger partial charge in [-0.1, -0.05) is 12.1 Å². The molecule has 0 spiro atoms. The quantitative estimate of drug-likeness (QED) is 0.364. The van der Waals surface area contributed by atoms with Gasteiger partial charge >= 0.3 is 0 Å². The highest BCUT2D eigenvalue weighted by atomic mass is 32.2. The fourth-order valence-corrected chi connectivity index (χ4v) is 6.14. The van der Waals surface area contributed by atoms with Crippen LogP contribution in [0.25, 0.3) is 10.6 Å². The fraction of sp³-hybridized carbons (Fsp3) is 0.417. The molecule has 192 valence electrons. The van der Waals surface area contributed by atoms with Crippen LogP contribution in [0.4, 0.5) is 5.69 Å². The Hall–Kier alpha value is -3.09. The molecule has 1 unspecified atom stereocenters. The summed E-state index contributed by atoms with van der Waals surface area (Å²) in [7, 11) is 0.548. The number of anilines is 1. The predicted molar refractivity (Wildman–Crippen MR) is 140 cm³/mol. The van der Waals surface area contributed by atoms with E-state index in [0.29, 0.717) is 53.7 Å². The van der Waals surface area contributed by atoms with Gasteiger partial charge < -0.3 is 15.4 Å². The zero-order valence-electron chi connectivity index (χ0n) is 20.5. The first-order valence-electron chi connectivity index (χ1n) is 11.7.